The van der Waals surface area contributed by atoms with E-state index in [4.69, 9.17) is 25.8 Å². The SMILES string of the molecule is CC(C)N1CCc2sccc2C1.CC(C)N[C@@H]1CCOC1.CC(C)N[C@H]1CCOC1.COC(=O)N[C@H](C(=O)CC(C)C)C1CCCCC1.COc1cc([C@@H](C)NC(C)C)ccc1Cl.Cc1cc(NC(C)C)ccn1.Cc1ccc(NC(C)C)cn1.O=C1NCCCCO1. The number of rotatable bonds is 18. The molecule has 3 saturated heterocycles. The number of carbonyl (C=O) groups is 3. The lowest BCUT2D eigenvalue weighted by Crippen LogP contribution is -2.46. The molecule has 4 atom stereocenters. The summed E-state index contributed by atoms with van der Waals surface area (Å²) in [5.74, 6) is 1.47. The molecule has 18 nitrogen and oxygen atoms in total. The van der Waals surface area contributed by atoms with E-state index in [1.165, 1.54) is 44.9 Å². The van der Waals surface area contributed by atoms with Crippen molar-refractivity contribution in [1.82, 2.24) is 41.5 Å². The minimum atomic E-state index is -0.498. The van der Waals surface area contributed by atoms with Gasteiger partial charge < -0.3 is 60.9 Å². The summed E-state index contributed by atoms with van der Waals surface area (Å²) in [6.07, 6.45) is 14.6. The number of alkyl carbamates (subject to hydrolysis) is 2. The minimum absolute atomic E-state index is 0.141. The zero-order chi connectivity index (χ0) is 69.3. The lowest BCUT2D eigenvalue weighted by atomic mass is 9.81. The Morgan fingerprint density at radius 2 is 1.34 bits per heavy atom. The van der Waals surface area contributed by atoms with Gasteiger partial charge in [-0.25, -0.2) is 9.59 Å². The molecular formula is C73H125ClN10O8S. The number of amides is 2. The first-order chi connectivity index (χ1) is 44.2. The zero-order valence-electron chi connectivity index (χ0n) is 60.6. The predicted molar refractivity (Wildman–Crippen MR) is 388 cm³/mol. The van der Waals surface area contributed by atoms with Crippen molar-refractivity contribution in [2.45, 2.75) is 255 Å². The fraction of sp³-hybridized carbons (Fsp3) is 0.685. The van der Waals surface area contributed by atoms with Crippen molar-refractivity contribution < 1.29 is 38.1 Å². The van der Waals surface area contributed by atoms with Gasteiger partial charge in [-0.15, -0.1) is 11.3 Å². The molecule has 9 rings (SSSR count). The second-order valence-electron chi connectivity index (χ2n) is 26.7. The van der Waals surface area contributed by atoms with Crippen LogP contribution in [0.15, 0.2) is 66.3 Å². The van der Waals surface area contributed by atoms with Crippen LogP contribution in [-0.4, -0.2) is 148 Å². The van der Waals surface area contributed by atoms with Gasteiger partial charge in [-0.2, -0.15) is 0 Å². The average Bonchev–Trinajstić information content (AvgIpc) is 2.23. The molecule has 1 saturated carbocycles. The number of thiophene rings is 1. The Morgan fingerprint density at radius 3 is 1.86 bits per heavy atom. The molecule has 528 valence electrons. The second kappa shape index (κ2) is 48.6. The molecular weight excluding hydrogens is 1210 g/mol. The highest BCUT2D eigenvalue weighted by atomic mass is 35.5. The molecule has 93 heavy (non-hydrogen) atoms. The predicted octanol–water partition coefficient (Wildman–Crippen LogP) is 15.3. The number of carbonyl (C=O) groups excluding carboxylic acids is 3. The summed E-state index contributed by atoms with van der Waals surface area (Å²) in [5, 5.41) is 25.0. The number of methoxy groups -OCH3 is 2. The molecule has 4 aromatic rings. The van der Waals surface area contributed by atoms with E-state index in [9.17, 15) is 14.4 Å². The zero-order valence-corrected chi connectivity index (χ0v) is 62.2. The van der Waals surface area contributed by atoms with Crippen LogP contribution >= 0.6 is 22.9 Å². The molecule has 7 heterocycles. The Balaban J connectivity index is 0.000000366. The maximum atomic E-state index is 12.2. The number of hydrogen-bond donors (Lipinski definition) is 7. The van der Waals surface area contributed by atoms with Crippen molar-refractivity contribution in [2.24, 2.45) is 11.8 Å². The van der Waals surface area contributed by atoms with E-state index in [-0.39, 0.29) is 23.8 Å². The number of benzene rings is 1. The molecule has 1 aliphatic carbocycles. The number of halogens is 1. The number of aromatic nitrogens is 2. The monoisotopic (exact) mass is 1340 g/mol. The smallest absolute Gasteiger partial charge is 0.407 e. The highest BCUT2D eigenvalue weighted by Crippen LogP contribution is 2.30. The van der Waals surface area contributed by atoms with Crippen LogP contribution in [0.1, 0.15) is 201 Å². The summed E-state index contributed by atoms with van der Waals surface area (Å²) in [4.78, 5) is 46.4. The number of anilines is 2. The largest absolute Gasteiger partial charge is 0.495 e. The number of aryl methyl sites for hydroxylation is 2. The van der Waals surface area contributed by atoms with Crippen LogP contribution in [0.2, 0.25) is 5.02 Å². The molecule has 7 N–H and O–H groups in total. The maximum absolute atomic E-state index is 12.2. The first-order valence-electron chi connectivity index (χ1n) is 34.4. The molecule has 1 aromatic carbocycles. The van der Waals surface area contributed by atoms with Crippen LogP contribution in [0, 0.1) is 25.7 Å². The summed E-state index contributed by atoms with van der Waals surface area (Å²) in [7, 11) is 2.96. The number of ketones is 1. The van der Waals surface area contributed by atoms with E-state index in [0.29, 0.717) is 78.3 Å². The Hall–Kier alpha value is -5.12. The summed E-state index contributed by atoms with van der Waals surface area (Å²) in [6.45, 7) is 43.5. The van der Waals surface area contributed by atoms with E-state index < -0.39 is 6.09 Å². The number of Topliss-reactive ketones (excluding diaryl/α,β-unsaturated/α-hetero) is 1. The van der Waals surface area contributed by atoms with Gasteiger partial charge in [0.25, 0.3) is 0 Å². The highest BCUT2D eigenvalue weighted by Gasteiger charge is 2.31. The van der Waals surface area contributed by atoms with Crippen LogP contribution in [-0.2, 0) is 36.7 Å². The standard InChI is InChI=1S/C14H25NO3.C12H18ClNO.C10H15NS.2C9H14N2.2C7H15NO.C5H9NO2/c1-10(2)9-12(16)13(15-14(17)18-3)11-7-5-4-6-8-11;1-8(2)14-9(3)10-5-6-11(13)12(7-10)15-4;1-8(2)11-5-3-10-9(7-11)4-6-12-10;1-7(2)11-9-4-5-10-8(3)6-9;1-7(2)11-9-5-4-8(3)10-6-9;2*1-6(2)8-7-3-4-9-5-7;7-5-6-3-1-2-4-8-5/h10-11,13H,4-9H2,1-3H3,(H,15,17);5-9,14H,1-4H3;4,6,8H,3,5,7H2,1-2H3;4-7H,1-3H3,(H,10,11);4-7,11H,1-3H3;2*6-8H,3-5H2,1-2H3;1-4H2,(H,6,7)/t13-;9-;;;;2*7-;/m01...10./s1. The Bertz CT molecular complexity index is 2560. The fourth-order valence-electron chi connectivity index (χ4n) is 10.7. The van der Waals surface area contributed by atoms with Crippen molar-refractivity contribution in [2.75, 3.05) is 71.0 Å². The number of hydrogen-bond acceptors (Lipinski definition) is 17. The Morgan fingerprint density at radius 1 is 0.710 bits per heavy atom. The number of cyclic esters (lactones) is 1. The van der Waals surface area contributed by atoms with Crippen molar-refractivity contribution in [1.29, 1.82) is 0 Å². The summed E-state index contributed by atoms with van der Waals surface area (Å²) in [6, 6.07) is 20.7. The van der Waals surface area contributed by atoms with E-state index in [1.54, 1.807) is 17.6 Å². The molecule has 4 aliphatic heterocycles. The first kappa shape index (κ1) is 84.0. The van der Waals surface area contributed by atoms with E-state index in [0.717, 1.165) is 107 Å². The van der Waals surface area contributed by atoms with Gasteiger partial charge in [-0.3, -0.25) is 19.7 Å². The van der Waals surface area contributed by atoms with Gasteiger partial charge in [0.2, 0.25) is 0 Å². The van der Waals surface area contributed by atoms with Crippen LogP contribution in [0.25, 0.3) is 0 Å². The van der Waals surface area contributed by atoms with Crippen molar-refractivity contribution in [3.63, 3.8) is 0 Å². The number of nitrogens with one attached hydrogen (secondary N) is 7. The fourth-order valence-corrected chi connectivity index (χ4v) is 11.7. The second-order valence-corrected chi connectivity index (χ2v) is 28.1. The average molecular weight is 1340 g/mol. The molecule has 2 amide bonds. The van der Waals surface area contributed by atoms with Crippen LogP contribution in [0.3, 0.4) is 0 Å². The number of pyridine rings is 2. The van der Waals surface area contributed by atoms with E-state index in [2.05, 4.69) is 163 Å². The summed E-state index contributed by atoms with van der Waals surface area (Å²) >= 11 is 7.87. The topological polar surface area (TPSA) is 211 Å². The van der Waals surface area contributed by atoms with Gasteiger partial charge >= 0.3 is 12.2 Å². The molecule has 20 heteroatoms. The Kier molecular flexibility index (Phi) is 43.8. The van der Waals surface area contributed by atoms with Gasteiger partial charge in [0, 0.05) is 122 Å². The van der Waals surface area contributed by atoms with E-state index >= 15 is 0 Å². The van der Waals surface area contributed by atoms with Gasteiger partial charge in [0.15, 0.2) is 5.78 Å². The van der Waals surface area contributed by atoms with E-state index in [1.807, 2.05) is 93.9 Å². The van der Waals surface area contributed by atoms with Crippen LogP contribution in [0.4, 0.5) is 21.0 Å². The van der Waals surface area contributed by atoms with Gasteiger partial charge in [-0.05, 0) is 178 Å². The minimum Gasteiger partial charge on any atom is -0.495 e. The number of fused-ring (bicyclic) bond motifs is 1. The third kappa shape index (κ3) is 39.5. The lowest BCUT2D eigenvalue weighted by molar-refractivity contribution is -0.123. The van der Waals surface area contributed by atoms with Crippen LogP contribution in [0.5, 0.6) is 5.75 Å². The van der Waals surface area contributed by atoms with Crippen LogP contribution < -0.4 is 42.0 Å². The summed E-state index contributed by atoms with van der Waals surface area (Å²) < 4.78 is 24.8. The van der Waals surface area contributed by atoms with Crippen molar-refractivity contribution in [3.8, 4) is 5.75 Å². The number of ether oxygens (including phenoxy) is 5. The van der Waals surface area contributed by atoms with Gasteiger partial charge in [-0.1, -0.05) is 92.3 Å². The molecule has 0 spiro atoms. The normalized spacial score (nSPS) is 17.6. The highest BCUT2D eigenvalue weighted by molar-refractivity contribution is 7.10. The number of nitrogens with zero attached hydrogens (tertiary/aromatic N) is 3. The molecule has 0 unspecified atom stereocenters. The van der Waals surface area contributed by atoms with Gasteiger partial charge in [0.05, 0.1) is 57.0 Å². The molecule has 0 radical (unpaired) electrons. The van der Waals surface area contributed by atoms with Crippen molar-refractivity contribution in [3.05, 3.63) is 98.7 Å². The van der Waals surface area contributed by atoms with Crippen molar-refractivity contribution >= 4 is 52.3 Å². The first-order valence-corrected chi connectivity index (χ1v) is 35.7. The molecule has 3 aromatic heterocycles. The third-order valence-electron chi connectivity index (χ3n) is 15.2. The molecule has 4 fully saturated rings. The molecule has 5 aliphatic rings. The maximum Gasteiger partial charge on any atom is 0.407 e. The quantitative estimate of drug-likeness (QED) is 0.0494. The third-order valence-corrected chi connectivity index (χ3v) is 16.5. The summed E-state index contributed by atoms with van der Waals surface area (Å²) in [5.41, 5.74) is 7.08. The lowest BCUT2D eigenvalue weighted by Gasteiger charge is -2.30. The van der Waals surface area contributed by atoms with Gasteiger partial charge in [0.1, 0.15) is 5.75 Å². The Labute approximate surface area is 571 Å². The molecule has 0 bridgehead atoms.